The van der Waals surface area contributed by atoms with E-state index in [1.54, 1.807) is 18.0 Å². The number of hydrogen-bond acceptors (Lipinski definition) is 3. The Hall–Kier alpha value is -1.85. The molecule has 104 valence electrons. The van der Waals surface area contributed by atoms with Gasteiger partial charge in [0.05, 0.1) is 6.54 Å². The zero-order valence-electron chi connectivity index (χ0n) is 11.6. The van der Waals surface area contributed by atoms with Crippen molar-refractivity contribution in [3.63, 3.8) is 0 Å². The van der Waals surface area contributed by atoms with Gasteiger partial charge < -0.3 is 14.8 Å². The Balaban J connectivity index is 2.18. The minimum Gasteiger partial charge on any atom is -0.343 e. The van der Waals surface area contributed by atoms with Crippen LogP contribution in [0.3, 0.4) is 0 Å². The molecule has 6 heteroatoms. The van der Waals surface area contributed by atoms with Gasteiger partial charge in [-0.2, -0.15) is 0 Å². The van der Waals surface area contributed by atoms with E-state index in [-0.39, 0.29) is 11.8 Å². The van der Waals surface area contributed by atoms with E-state index < -0.39 is 12.1 Å². The van der Waals surface area contributed by atoms with E-state index in [0.29, 0.717) is 13.0 Å². The Morgan fingerprint density at radius 1 is 1.42 bits per heavy atom. The van der Waals surface area contributed by atoms with Crippen LogP contribution in [0, 0.1) is 0 Å². The molecule has 1 aromatic rings. The van der Waals surface area contributed by atoms with E-state index >= 15 is 0 Å². The summed E-state index contributed by atoms with van der Waals surface area (Å²) in [4.78, 5) is 30.1. The van der Waals surface area contributed by atoms with Crippen molar-refractivity contribution in [2.24, 2.45) is 7.05 Å². The van der Waals surface area contributed by atoms with E-state index in [2.05, 4.69) is 10.3 Å². The Morgan fingerprint density at radius 2 is 2.16 bits per heavy atom. The highest BCUT2D eigenvalue weighted by Crippen LogP contribution is 2.15. The molecule has 2 rings (SSSR count). The van der Waals surface area contributed by atoms with E-state index in [1.165, 1.54) is 0 Å². The van der Waals surface area contributed by atoms with Gasteiger partial charge in [-0.15, -0.1) is 0 Å². The molecular weight excluding hydrogens is 244 g/mol. The van der Waals surface area contributed by atoms with E-state index in [0.717, 1.165) is 12.2 Å². The molecule has 1 fully saturated rings. The Kier molecular flexibility index (Phi) is 3.87. The molecule has 2 amide bonds. The average Bonchev–Trinajstić information content (AvgIpc) is 2.77. The number of aromatic nitrogens is 2. The normalized spacial score (nSPS) is 23.6. The molecule has 19 heavy (non-hydrogen) atoms. The summed E-state index contributed by atoms with van der Waals surface area (Å²) >= 11 is 0. The first kappa shape index (κ1) is 13.6. The first-order valence-electron chi connectivity index (χ1n) is 6.61. The zero-order valence-corrected chi connectivity index (χ0v) is 11.6. The standard InChI is InChI=1S/C13H20N4O2/c1-4-5-10-13(19)17(9(2)12(18)15-10)8-11-14-6-7-16(11)3/h6-7,9-10H,4-5,8H2,1-3H3,(H,15,18). The third kappa shape index (κ3) is 2.62. The number of nitrogens with one attached hydrogen (secondary N) is 1. The maximum absolute atomic E-state index is 12.4. The summed E-state index contributed by atoms with van der Waals surface area (Å²) in [6, 6.07) is -0.841. The zero-order chi connectivity index (χ0) is 14.0. The molecule has 0 aliphatic carbocycles. The first-order chi connectivity index (χ1) is 9.04. The lowest BCUT2D eigenvalue weighted by Crippen LogP contribution is -2.62. The minimum atomic E-state index is -0.447. The number of carbonyl (C=O) groups is 2. The minimum absolute atomic E-state index is 0.0167. The lowest BCUT2D eigenvalue weighted by atomic mass is 10.0. The number of amides is 2. The van der Waals surface area contributed by atoms with Crippen LogP contribution < -0.4 is 5.32 Å². The van der Waals surface area contributed by atoms with Gasteiger partial charge >= 0.3 is 0 Å². The number of carbonyl (C=O) groups excluding carboxylic acids is 2. The van der Waals surface area contributed by atoms with Gasteiger partial charge in [-0.25, -0.2) is 4.98 Å². The van der Waals surface area contributed by atoms with Crippen LogP contribution in [0.2, 0.25) is 0 Å². The fourth-order valence-electron chi connectivity index (χ4n) is 2.29. The molecule has 2 heterocycles. The smallest absolute Gasteiger partial charge is 0.246 e. The van der Waals surface area contributed by atoms with Crippen molar-refractivity contribution in [1.82, 2.24) is 19.8 Å². The van der Waals surface area contributed by atoms with Crippen molar-refractivity contribution >= 4 is 11.8 Å². The molecule has 1 aliphatic heterocycles. The third-order valence-corrected chi connectivity index (χ3v) is 3.55. The predicted octanol–water partition coefficient (Wildman–Crippen LogP) is 0.436. The fourth-order valence-corrected chi connectivity index (χ4v) is 2.29. The average molecular weight is 264 g/mol. The summed E-state index contributed by atoms with van der Waals surface area (Å²) in [5.41, 5.74) is 0. The van der Waals surface area contributed by atoms with Crippen molar-refractivity contribution in [3.8, 4) is 0 Å². The van der Waals surface area contributed by atoms with Gasteiger partial charge in [0, 0.05) is 19.4 Å². The maximum atomic E-state index is 12.4. The summed E-state index contributed by atoms with van der Waals surface area (Å²) in [7, 11) is 1.88. The number of imidazole rings is 1. The van der Waals surface area contributed by atoms with Gasteiger partial charge in [-0.05, 0) is 13.3 Å². The van der Waals surface area contributed by atoms with Gasteiger partial charge in [-0.3, -0.25) is 9.59 Å². The maximum Gasteiger partial charge on any atom is 0.246 e. The summed E-state index contributed by atoms with van der Waals surface area (Å²) in [5.74, 6) is 0.675. The Morgan fingerprint density at radius 3 is 2.74 bits per heavy atom. The second-order valence-electron chi connectivity index (χ2n) is 4.95. The van der Waals surface area contributed by atoms with Crippen molar-refractivity contribution in [3.05, 3.63) is 18.2 Å². The number of hydrogen-bond donors (Lipinski definition) is 1. The van der Waals surface area contributed by atoms with Crippen LogP contribution in [0.4, 0.5) is 0 Å². The quantitative estimate of drug-likeness (QED) is 0.858. The second-order valence-corrected chi connectivity index (χ2v) is 4.95. The van der Waals surface area contributed by atoms with Crippen LogP contribution in [0.5, 0.6) is 0 Å². The van der Waals surface area contributed by atoms with Gasteiger partial charge in [0.2, 0.25) is 11.8 Å². The summed E-state index contributed by atoms with van der Waals surface area (Å²) < 4.78 is 1.86. The molecule has 1 N–H and O–H groups in total. The van der Waals surface area contributed by atoms with Gasteiger partial charge in [0.1, 0.15) is 17.9 Å². The van der Waals surface area contributed by atoms with Crippen molar-refractivity contribution in [2.75, 3.05) is 0 Å². The number of piperazine rings is 1. The van der Waals surface area contributed by atoms with Crippen molar-refractivity contribution in [2.45, 2.75) is 45.3 Å². The third-order valence-electron chi connectivity index (χ3n) is 3.55. The van der Waals surface area contributed by atoms with Crippen LogP contribution in [0.1, 0.15) is 32.5 Å². The second kappa shape index (κ2) is 5.42. The molecule has 1 saturated heterocycles. The van der Waals surface area contributed by atoms with Gasteiger partial charge in [0.15, 0.2) is 0 Å². The fraction of sp³-hybridized carbons (Fsp3) is 0.615. The van der Waals surface area contributed by atoms with Gasteiger partial charge in [0.25, 0.3) is 0 Å². The molecular formula is C13H20N4O2. The summed E-state index contributed by atoms with van der Waals surface area (Å²) in [6.07, 6.45) is 5.06. The van der Waals surface area contributed by atoms with Gasteiger partial charge in [-0.1, -0.05) is 13.3 Å². The monoisotopic (exact) mass is 264 g/mol. The number of rotatable bonds is 4. The number of aryl methyl sites for hydroxylation is 1. The van der Waals surface area contributed by atoms with Crippen molar-refractivity contribution in [1.29, 1.82) is 0 Å². The highest BCUT2D eigenvalue weighted by Gasteiger charge is 2.37. The summed E-state index contributed by atoms with van der Waals surface area (Å²) in [6.45, 7) is 4.12. The molecule has 0 aromatic carbocycles. The van der Waals surface area contributed by atoms with Crippen LogP contribution in [0.15, 0.2) is 12.4 Å². The Bertz CT molecular complexity index is 483. The first-order valence-corrected chi connectivity index (χ1v) is 6.61. The highest BCUT2D eigenvalue weighted by atomic mass is 16.2. The molecule has 1 aromatic heterocycles. The van der Waals surface area contributed by atoms with Crippen LogP contribution >= 0.6 is 0 Å². The van der Waals surface area contributed by atoms with E-state index in [4.69, 9.17) is 0 Å². The molecule has 0 radical (unpaired) electrons. The van der Waals surface area contributed by atoms with Crippen LogP contribution in [-0.4, -0.2) is 38.3 Å². The van der Waals surface area contributed by atoms with Crippen LogP contribution in [-0.2, 0) is 23.2 Å². The largest absolute Gasteiger partial charge is 0.343 e. The summed E-state index contributed by atoms with van der Waals surface area (Å²) in [5, 5.41) is 2.78. The molecule has 0 bridgehead atoms. The molecule has 6 nitrogen and oxygen atoms in total. The Labute approximate surface area is 112 Å². The molecule has 2 unspecified atom stereocenters. The lowest BCUT2D eigenvalue weighted by molar-refractivity contribution is -0.149. The lowest BCUT2D eigenvalue weighted by Gasteiger charge is -2.37. The molecule has 0 saturated carbocycles. The SMILES string of the molecule is CCCC1NC(=O)C(C)N(Cc2nccn2C)C1=O. The highest BCUT2D eigenvalue weighted by molar-refractivity contribution is 5.96. The molecule has 1 aliphatic rings. The molecule has 0 spiro atoms. The topological polar surface area (TPSA) is 67.2 Å². The van der Waals surface area contributed by atoms with E-state index in [1.807, 2.05) is 24.7 Å². The van der Waals surface area contributed by atoms with Crippen LogP contribution in [0.25, 0.3) is 0 Å². The van der Waals surface area contributed by atoms with Crippen molar-refractivity contribution < 1.29 is 9.59 Å². The predicted molar refractivity (Wildman–Crippen MR) is 70.1 cm³/mol. The number of nitrogens with zero attached hydrogens (tertiary/aromatic N) is 3. The van der Waals surface area contributed by atoms with E-state index in [9.17, 15) is 9.59 Å². The molecule has 2 atom stereocenters.